The lowest BCUT2D eigenvalue weighted by molar-refractivity contribution is 0.402. The second-order valence-corrected chi connectivity index (χ2v) is 6.64. The number of rotatable bonds is 3. The molecule has 0 aliphatic carbocycles. The van der Waals surface area contributed by atoms with E-state index >= 15 is 0 Å². The summed E-state index contributed by atoms with van der Waals surface area (Å²) in [6, 6.07) is 7.75. The summed E-state index contributed by atoms with van der Waals surface area (Å²) in [4.78, 5) is 2.78. The fourth-order valence-electron chi connectivity index (χ4n) is 2.31. The highest BCUT2D eigenvalue weighted by molar-refractivity contribution is 7.80. The fraction of sp³-hybridized carbons (Fsp3) is 0.375. The van der Waals surface area contributed by atoms with Crippen LogP contribution in [0.5, 0.6) is 0 Å². The lowest BCUT2D eigenvalue weighted by Crippen LogP contribution is -2.42. The number of nitrogens with zero attached hydrogens (tertiary/aromatic N) is 3. The van der Waals surface area contributed by atoms with Crippen molar-refractivity contribution in [2.24, 2.45) is 0 Å². The molecule has 0 amide bonds. The van der Waals surface area contributed by atoms with Crippen LogP contribution >= 0.6 is 23.8 Å². The molecule has 1 aromatic carbocycles. The summed E-state index contributed by atoms with van der Waals surface area (Å²) in [5.41, 5.74) is 2.55. The molecule has 21 heavy (non-hydrogen) atoms. The number of aryl methyl sites for hydroxylation is 1. The quantitative estimate of drug-likeness (QED) is 0.793. The van der Waals surface area contributed by atoms with E-state index in [1.807, 2.05) is 61.1 Å². The van der Waals surface area contributed by atoms with Gasteiger partial charge in [0, 0.05) is 25.9 Å². The van der Waals surface area contributed by atoms with Gasteiger partial charge in [-0.15, -0.1) is 0 Å². The molecule has 0 unspecified atom stereocenters. The van der Waals surface area contributed by atoms with Crippen LogP contribution in [0.2, 0.25) is 5.02 Å². The molecular weight excluding hydrogens is 302 g/mol. The number of hydrogen-bond acceptors (Lipinski definition) is 2. The summed E-state index contributed by atoms with van der Waals surface area (Å²) in [5, 5.41) is 5.44. The minimum Gasteiger partial charge on any atom is -0.370 e. The molecule has 112 valence electrons. The number of thiocarbonyl (C=S) groups is 1. The van der Waals surface area contributed by atoms with Crippen LogP contribution in [0.15, 0.2) is 30.5 Å². The van der Waals surface area contributed by atoms with E-state index in [0.717, 1.165) is 21.8 Å². The Kier molecular flexibility index (Phi) is 4.40. The standard InChI is InChI=1S/C16H20ClN3S/c1-11-10-20(16(2,3)15(21)19(4)5)18-14(11)12-8-6-7-9-13(12)17/h6-10H,1-5H3. The van der Waals surface area contributed by atoms with Gasteiger partial charge in [-0.25, -0.2) is 0 Å². The highest BCUT2D eigenvalue weighted by Crippen LogP contribution is 2.30. The first-order valence-corrected chi connectivity index (χ1v) is 7.57. The van der Waals surface area contributed by atoms with Crippen LogP contribution in [0.25, 0.3) is 11.3 Å². The molecule has 0 N–H and O–H groups in total. The van der Waals surface area contributed by atoms with E-state index in [1.54, 1.807) is 0 Å². The Morgan fingerprint density at radius 1 is 1.29 bits per heavy atom. The average molecular weight is 322 g/mol. The van der Waals surface area contributed by atoms with Crippen molar-refractivity contribution in [1.29, 1.82) is 0 Å². The predicted molar refractivity (Wildman–Crippen MR) is 93.0 cm³/mol. The third-order valence-electron chi connectivity index (χ3n) is 3.53. The average Bonchev–Trinajstić information content (AvgIpc) is 2.81. The van der Waals surface area contributed by atoms with Gasteiger partial charge in [-0.2, -0.15) is 5.10 Å². The zero-order chi connectivity index (χ0) is 15.8. The predicted octanol–water partition coefficient (Wildman–Crippen LogP) is 4.14. The number of likely N-dealkylation sites (N-methyl/N-ethyl adjacent to an activating group) is 1. The van der Waals surface area contributed by atoms with E-state index in [2.05, 4.69) is 13.8 Å². The van der Waals surface area contributed by atoms with Crippen LogP contribution in [0.1, 0.15) is 19.4 Å². The molecule has 1 heterocycles. The van der Waals surface area contributed by atoms with Crippen molar-refractivity contribution in [1.82, 2.24) is 14.7 Å². The monoisotopic (exact) mass is 321 g/mol. The van der Waals surface area contributed by atoms with Crippen molar-refractivity contribution < 1.29 is 0 Å². The molecule has 1 aromatic heterocycles. The first kappa shape index (κ1) is 16.0. The molecule has 3 nitrogen and oxygen atoms in total. The van der Waals surface area contributed by atoms with Gasteiger partial charge in [0.1, 0.15) is 10.5 Å². The molecule has 0 aliphatic rings. The van der Waals surface area contributed by atoms with Gasteiger partial charge in [-0.1, -0.05) is 42.0 Å². The van der Waals surface area contributed by atoms with E-state index in [0.29, 0.717) is 5.02 Å². The Hall–Kier alpha value is -1.39. The fourth-order valence-corrected chi connectivity index (χ4v) is 2.63. The Morgan fingerprint density at radius 3 is 2.48 bits per heavy atom. The molecule has 0 aliphatic heterocycles. The largest absolute Gasteiger partial charge is 0.370 e. The number of halogens is 1. The Balaban J connectivity index is 2.50. The Labute approximate surface area is 136 Å². The lowest BCUT2D eigenvalue weighted by Gasteiger charge is -2.30. The van der Waals surface area contributed by atoms with Crippen molar-refractivity contribution in [2.75, 3.05) is 14.1 Å². The summed E-state index contributed by atoms with van der Waals surface area (Å²) in [6.07, 6.45) is 2.02. The van der Waals surface area contributed by atoms with Crippen molar-refractivity contribution >= 4 is 28.8 Å². The maximum Gasteiger partial charge on any atom is 0.107 e. The van der Waals surface area contributed by atoms with Gasteiger partial charge in [-0.05, 0) is 32.4 Å². The number of aromatic nitrogens is 2. The molecule has 0 bridgehead atoms. The lowest BCUT2D eigenvalue weighted by atomic mass is 10.1. The van der Waals surface area contributed by atoms with Crippen molar-refractivity contribution in [3.63, 3.8) is 0 Å². The summed E-state index contributed by atoms with van der Waals surface area (Å²) in [5.74, 6) is 0. The first-order valence-electron chi connectivity index (χ1n) is 6.78. The van der Waals surface area contributed by atoms with E-state index < -0.39 is 0 Å². The van der Waals surface area contributed by atoms with Gasteiger partial charge in [0.05, 0.1) is 10.7 Å². The first-order chi connectivity index (χ1) is 9.75. The summed E-state index contributed by atoms with van der Waals surface area (Å²) in [6.45, 7) is 6.17. The van der Waals surface area contributed by atoms with Crippen molar-refractivity contribution in [3.8, 4) is 11.3 Å². The van der Waals surface area contributed by atoms with E-state index in [-0.39, 0.29) is 5.54 Å². The van der Waals surface area contributed by atoms with Crippen LogP contribution in [0, 0.1) is 6.92 Å². The van der Waals surface area contributed by atoms with E-state index in [9.17, 15) is 0 Å². The number of benzene rings is 1. The summed E-state index contributed by atoms with van der Waals surface area (Å²) in [7, 11) is 3.91. The molecule has 0 saturated heterocycles. The molecule has 0 spiro atoms. The molecule has 0 fully saturated rings. The van der Waals surface area contributed by atoms with Gasteiger partial charge in [-0.3, -0.25) is 4.68 Å². The number of hydrogen-bond donors (Lipinski definition) is 0. The van der Waals surface area contributed by atoms with Gasteiger partial charge >= 0.3 is 0 Å². The third kappa shape index (κ3) is 2.97. The zero-order valence-electron chi connectivity index (χ0n) is 13.0. The minimum atomic E-state index is -0.372. The van der Waals surface area contributed by atoms with Crippen LogP contribution in [-0.4, -0.2) is 33.8 Å². The van der Waals surface area contributed by atoms with Crippen molar-refractivity contribution in [2.45, 2.75) is 26.3 Å². The molecule has 2 rings (SSSR count). The van der Waals surface area contributed by atoms with E-state index in [1.165, 1.54) is 0 Å². The maximum atomic E-state index is 6.28. The molecule has 5 heteroatoms. The van der Waals surface area contributed by atoms with Gasteiger partial charge in [0.2, 0.25) is 0 Å². The topological polar surface area (TPSA) is 21.1 Å². The highest BCUT2D eigenvalue weighted by atomic mass is 35.5. The van der Waals surface area contributed by atoms with E-state index in [4.69, 9.17) is 28.9 Å². The molecule has 2 aromatic rings. The zero-order valence-corrected chi connectivity index (χ0v) is 14.6. The molecule has 0 atom stereocenters. The van der Waals surface area contributed by atoms with Gasteiger partial charge < -0.3 is 4.90 Å². The molecule has 0 saturated carbocycles. The second-order valence-electron chi connectivity index (χ2n) is 5.84. The molecular formula is C16H20ClN3S. The van der Waals surface area contributed by atoms with Crippen molar-refractivity contribution in [3.05, 3.63) is 41.0 Å². The Morgan fingerprint density at radius 2 is 1.90 bits per heavy atom. The van der Waals surface area contributed by atoms with Crippen LogP contribution in [-0.2, 0) is 5.54 Å². The Bertz CT molecular complexity index is 674. The SMILES string of the molecule is Cc1cn(C(C)(C)C(=S)N(C)C)nc1-c1ccccc1Cl. The normalized spacial score (nSPS) is 11.5. The molecule has 0 radical (unpaired) electrons. The maximum absolute atomic E-state index is 6.28. The van der Waals surface area contributed by atoms with Crippen LogP contribution in [0.3, 0.4) is 0 Å². The van der Waals surface area contributed by atoms with Gasteiger partial charge in [0.25, 0.3) is 0 Å². The summed E-state index contributed by atoms with van der Waals surface area (Å²) < 4.78 is 1.92. The van der Waals surface area contributed by atoms with Crippen LogP contribution < -0.4 is 0 Å². The third-order valence-corrected chi connectivity index (χ3v) is 4.72. The smallest absolute Gasteiger partial charge is 0.107 e. The summed E-state index contributed by atoms with van der Waals surface area (Å²) >= 11 is 11.8. The van der Waals surface area contributed by atoms with Crippen LogP contribution in [0.4, 0.5) is 0 Å². The van der Waals surface area contributed by atoms with Gasteiger partial charge in [0.15, 0.2) is 0 Å². The highest BCUT2D eigenvalue weighted by Gasteiger charge is 2.29. The second kappa shape index (κ2) is 5.78. The minimum absolute atomic E-state index is 0.372.